The summed E-state index contributed by atoms with van der Waals surface area (Å²) in [7, 11) is 0. The van der Waals surface area contributed by atoms with Gasteiger partial charge in [0.25, 0.3) is 5.69 Å². The molecule has 1 aromatic rings. The first kappa shape index (κ1) is 22.1. The molecule has 0 radical (unpaired) electrons. The van der Waals surface area contributed by atoms with E-state index in [-0.39, 0.29) is 16.9 Å². The van der Waals surface area contributed by atoms with Crippen molar-refractivity contribution in [2.24, 2.45) is 5.41 Å². The SMILES string of the molecule is C#CC(C)(C)C.C#CC(C)(C)Cl.O=[N+]([O-])c1ccc(O)cc1. The number of terminal acetylenes is 2. The van der Waals surface area contributed by atoms with E-state index in [1.807, 2.05) is 20.8 Å². The lowest BCUT2D eigenvalue weighted by atomic mass is 9.99. The third-order valence-electron chi connectivity index (χ3n) is 1.84. The molecule has 1 rings (SSSR count). The van der Waals surface area contributed by atoms with Gasteiger partial charge in [0.15, 0.2) is 0 Å². The molecule has 120 valence electrons. The van der Waals surface area contributed by atoms with Crippen LogP contribution in [0.2, 0.25) is 0 Å². The summed E-state index contributed by atoms with van der Waals surface area (Å²) < 4.78 is 0. The number of hydrogen-bond donors (Lipinski definition) is 1. The number of rotatable bonds is 1. The quantitative estimate of drug-likeness (QED) is 0.355. The molecule has 0 amide bonds. The summed E-state index contributed by atoms with van der Waals surface area (Å²) in [5.74, 6) is 5.01. The van der Waals surface area contributed by atoms with Crippen LogP contribution in [-0.4, -0.2) is 14.9 Å². The number of nitro groups is 1. The second-order valence-electron chi connectivity index (χ2n) is 5.78. The minimum Gasteiger partial charge on any atom is -0.508 e. The van der Waals surface area contributed by atoms with E-state index in [9.17, 15) is 10.1 Å². The van der Waals surface area contributed by atoms with Crippen molar-refractivity contribution in [1.29, 1.82) is 0 Å². The van der Waals surface area contributed by atoms with E-state index in [1.54, 1.807) is 13.8 Å². The smallest absolute Gasteiger partial charge is 0.269 e. The van der Waals surface area contributed by atoms with Crippen LogP contribution in [0.3, 0.4) is 0 Å². The maximum absolute atomic E-state index is 10.0. The highest BCUT2D eigenvalue weighted by Gasteiger charge is 2.04. The van der Waals surface area contributed by atoms with E-state index in [2.05, 4.69) is 11.8 Å². The van der Waals surface area contributed by atoms with E-state index in [4.69, 9.17) is 29.6 Å². The number of benzene rings is 1. The molecule has 0 heterocycles. The molecule has 5 heteroatoms. The lowest BCUT2D eigenvalue weighted by Crippen LogP contribution is -2.03. The molecule has 0 saturated heterocycles. The van der Waals surface area contributed by atoms with Crippen LogP contribution in [0.25, 0.3) is 0 Å². The molecule has 1 N–H and O–H groups in total. The van der Waals surface area contributed by atoms with Crippen molar-refractivity contribution in [1.82, 2.24) is 0 Å². The second kappa shape index (κ2) is 9.71. The highest BCUT2D eigenvalue weighted by atomic mass is 35.5. The van der Waals surface area contributed by atoms with Crippen LogP contribution in [0.5, 0.6) is 5.75 Å². The predicted octanol–water partition coefficient (Wildman–Crippen LogP) is 4.60. The summed E-state index contributed by atoms with van der Waals surface area (Å²) >= 11 is 5.48. The van der Waals surface area contributed by atoms with Crippen LogP contribution in [0.15, 0.2) is 24.3 Å². The Bertz CT molecular complexity index is 514. The van der Waals surface area contributed by atoms with Crippen molar-refractivity contribution in [3.05, 3.63) is 34.4 Å². The third kappa shape index (κ3) is 15.9. The summed E-state index contributed by atoms with van der Waals surface area (Å²) in [5.41, 5.74) is 0.0535. The highest BCUT2D eigenvalue weighted by Crippen LogP contribution is 2.15. The van der Waals surface area contributed by atoms with Crippen LogP contribution in [-0.2, 0) is 0 Å². The monoisotopic (exact) mass is 323 g/mol. The molecule has 0 atom stereocenters. The Kier molecular flexibility index (Phi) is 9.76. The Morgan fingerprint density at radius 2 is 1.41 bits per heavy atom. The molecule has 0 aromatic heterocycles. The lowest BCUT2D eigenvalue weighted by Gasteiger charge is -2.04. The molecular weight excluding hydrogens is 302 g/mol. The first-order valence-corrected chi connectivity index (χ1v) is 6.78. The van der Waals surface area contributed by atoms with Crippen molar-refractivity contribution in [3.63, 3.8) is 0 Å². The van der Waals surface area contributed by atoms with Gasteiger partial charge >= 0.3 is 0 Å². The molecule has 0 spiro atoms. The highest BCUT2D eigenvalue weighted by molar-refractivity contribution is 6.25. The van der Waals surface area contributed by atoms with E-state index in [0.717, 1.165) is 0 Å². The number of aromatic hydroxyl groups is 1. The Labute approximate surface area is 137 Å². The van der Waals surface area contributed by atoms with Gasteiger partial charge in [0.1, 0.15) is 5.75 Å². The number of halogens is 1. The van der Waals surface area contributed by atoms with Gasteiger partial charge in [-0.25, -0.2) is 0 Å². The van der Waals surface area contributed by atoms with Crippen molar-refractivity contribution >= 4 is 17.3 Å². The number of nitro benzene ring substituents is 1. The summed E-state index contributed by atoms with van der Waals surface area (Å²) in [5, 5.41) is 18.8. The Balaban J connectivity index is 0. The molecule has 1 aromatic carbocycles. The second-order valence-corrected chi connectivity index (χ2v) is 6.73. The average Bonchev–Trinajstić information content (AvgIpc) is 2.39. The standard InChI is InChI=1S/C6H5NO3.C6H10.C5H7Cl/c8-6-3-1-5(2-4-6)7(9)10;1-5-6(2,3)4;1-4-5(2,3)6/h1-4,8H;1H,2-4H3;1H,2-3H3. The summed E-state index contributed by atoms with van der Waals surface area (Å²) in [6.45, 7) is 9.57. The van der Waals surface area contributed by atoms with Gasteiger partial charge in [0.05, 0.1) is 9.80 Å². The van der Waals surface area contributed by atoms with Crippen LogP contribution >= 0.6 is 11.6 Å². The summed E-state index contributed by atoms with van der Waals surface area (Å²) in [6.07, 6.45) is 9.98. The van der Waals surface area contributed by atoms with Crippen molar-refractivity contribution in [2.75, 3.05) is 0 Å². The van der Waals surface area contributed by atoms with E-state index in [0.29, 0.717) is 0 Å². The van der Waals surface area contributed by atoms with Gasteiger partial charge in [-0.3, -0.25) is 10.1 Å². The van der Waals surface area contributed by atoms with Crippen molar-refractivity contribution < 1.29 is 10.0 Å². The van der Waals surface area contributed by atoms with Crippen molar-refractivity contribution in [2.45, 2.75) is 39.5 Å². The minimum absolute atomic E-state index is 0.0159. The predicted molar refractivity (Wildman–Crippen MR) is 91.8 cm³/mol. The van der Waals surface area contributed by atoms with E-state index in [1.165, 1.54) is 24.3 Å². The van der Waals surface area contributed by atoms with Gasteiger partial charge in [0.2, 0.25) is 0 Å². The molecule has 4 nitrogen and oxygen atoms in total. The van der Waals surface area contributed by atoms with Gasteiger partial charge in [-0.2, -0.15) is 0 Å². The van der Waals surface area contributed by atoms with Crippen LogP contribution in [0.1, 0.15) is 34.6 Å². The molecule has 0 bridgehead atoms. The zero-order valence-corrected chi connectivity index (χ0v) is 14.3. The molecule has 0 unspecified atom stereocenters. The largest absolute Gasteiger partial charge is 0.508 e. The normalized spacial score (nSPS) is 9.82. The van der Waals surface area contributed by atoms with Gasteiger partial charge in [-0.05, 0) is 46.8 Å². The first-order valence-electron chi connectivity index (χ1n) is 6.40. The molecule has 0 saturated carbocycles. The fourth-order valence-corrected chi connectivity index (χ4v) is 0.574. The summed E-state index contributed by atoms with van der Waals surface area (Å²) in [6, 6.07) is 5.04. The molecular formula is C17H22ClNO3. The zero-order valence-electron chi connectivity index (χ0n) is 13.6. The molecule has 0 aliphatic rings. The fourth-order valence-electron chi connectivity index (χ4n) is 0.574. The number of non-ortho nitro benzene ring substituents is 1. The van der Waals surface area contributed by atoms with E-state index >= 15 is 0 Å². The average molecular weight is 324 g/mol. The number of phenolic OH excluding ortho intramolecular Hbond substituents is 1. The van der Waals surface area contributed by atoms with Crippen LogP contribution in [0, 0.1) is 40.2 Å². The topological polar surface area (TPSA) is 63.4 Å². The van der Waals surface area contributed by atoms with Crippen molar-refractivity contribution in [3.8, 4) is 30.4 Å². The van der Waals surface area contributed by atoms with Gasteiger partial charge in [0, 0.05) is 17.5 Å². The Morgan fingerprint density at radius 1 is 1.09 bits per heavy atom. The maximum Gasteiger partial charge on any atom is 0.269 e. The Morgan fingerprint density at radius 3 is 1.59 bits per heavy atom. The molecule has 0 fully saturated rings. The lowest BCUT2D eigenvalue weighted by molar-refractivity contribution is -0.384. The minimum atomic E-state index is -0.514. The zero-order chi connectivity index (χ0) is 18.0. The Hall–Kier alpha value is -2.17. The van der Waals surface area contributed by atoms with Gasteiger partial charge < -0.3 is 5.11 Å². The summed E-state index contributed by atoms with van der Waals surface area (Å²) in [4.78, 5) is 9.06. The third-order valence-corrected chi connectivity index (χ3v) is 1.95. The fraction of sp³-hybridized carbons (Fsp3) is 0.412. The number of nitrogens with zero attached hydrogens (tertiary/aromatic N) is 1. The molecule has 0 aliphatic carbocycles. The van der Waals surface area contributed by atoms with Crippen LogP contribution < -0.4 is 0 Å². The number of phenols is 1. The maximum atomic E-state index is 10.0. The number of hydrogen-bond acceptors (Lipinski definition) is 3. The van der Waals surface area contributed by atoms with Gasteiger partial charge in [-0.1, -0.05) is 5.92 Å². The van der Waals surface area contributed by atoms with Crippen LogP contribution in [0.4, 0.5) is 5.69 Å². The molecule has 22 heavy (non-hydrogen) atoms. The van der Waals surface area contributed by atoms with E-state index < -0.39 is 9.80 Å². The molecule has 0 aliphatic heterocycles. The number of alkyl halides is 1. The first-order chi connectivity index (χ1) is 9.82. The van der Waals surface area contributed by atoms with Gasteiger partial charge in [-0.15, -0.1) is 30.4 Å².